The van der Waals surface area contributed by atoms with Crippen molar-refractivity contribution in [3.05, 3.63) is 0 Å². The van der Waals surface area contributed by atoms with Crippen molar-refractivity contribution in [2.75, 3.05) is 32.8 Å². The first-order chi connectivity index (χ1) is 10.1. The molecule has 0 bridgehead atoms. The molecule has 0 aromatic rings. The summed E-state index contributed by atoms with van der Waals surface area (Å²) < 4.78 is 5.93. The predicted molar refractivity (Wildman–Crippen MR) is 85.3 cm³/mol. The average Bonchev–Trinajstić information content (AvgIpc) is 2.53. The van der Waals surface area contributed by atoms with Gasteiger partial charge in [0.2, 0.25) is 5.91 Å². The summed E-state index contributed by atoms with van der Waals surface area (Å²) in [7, 11) is 0. The molecular weight excluding hydrogens is 264 g/mol. The molecule has 0 unspecified atom stereocenters. The lowest BCUT2D eigenvalue weighted by atomic mass is 10.0. The Morgan fingerprint density at radius 2 is 1.67 bits per heavy atom. The van der Waals surface area contributed by atoms with E-state index in [0.717, 1.165) is 45.6 Å². The average molecular weight is 296 g/mol. The van der Waals surface area contributed by atoms with Crippen LogP contribution in [0.15, 0.2) is 0 Å². The van der Waals surface area contributed by atoms with Crippen LogP contribution in [-0.2, 0) is 9.53 Å². The second kappa shape index (κ2) is 8.14. The van der Waals surface area contributed by atoms with Gasteiger partial charge in [-0.2, -0.15) is 0 Å². The first kappa shape index (κ1) is 16.8. The summed E-state index contributed by atoms with van der Waals surface area (Å²) in [5, 5.41) is 0. The molecule has 21 heavy (non-hydrogen) atoms. The summed E-state index contributed by atoms with van der Waals surface area (Å²) in [5.41, 5.74) is 0. The maximum atomic E-state index is 12.5. The van der Waals surface area contributed by atoms with E-state index in [2.05, 4.69) is 30.6 Å². The highest BCUT2D eigenvalue weighted by atomic mass is 16.5. The highest BCUT2D eigenvalue weighted by Gasteiger charge is 2.30. The third-order valence-corrected chi connectivity index (χ3v) is 4.71. The first-order valence-corrected chi connectivity index (χ1v) is 8.72. The number of carbonyl (C=O) groups excluding carboxylic acids is 1. The van der Waals surface area contributed by atoms with E-state index >= 15 is 0 Å². The molecule has 2 aliphatic rings. The maximum absolute atomic E-state index is 12.5. The van der Waals surface area contributed by atoms with Crippen LogP contribution in [0.1, 0.15) is 52.9 Å². The van der Waals surface area contributed by atoms with Crippen molar-refractivity contribution >= 4 is 5.91 Å². The lowest BCUT2D eigenvalue weighted by molar-refractivity contribution is -0.138. The van der Waals surface area contributed by atoms with Crippen LogP contribution in [0, 0.1) is 5.92 Å². The molecule has 2 heterocycles. The van der Waals surface area contributed by atoms with E-state index in [1.165, 1.54) is 19.3 Å². The normalized spacial score (nSPS) is 23.5. The van der Waals surface area contributed by atoms with Gasteiger partial charge in [0.25, 0.3) is 0 Å². The van der Waals surface area contributed by atoms with E-state index < -0.39 is 0 Å². The standard InChI is InChI=1S/C17H32N2O2/c1-14(2)13-21-16-7-11-18(12-8-16)15(3)17(20)19-9-5-4-6-10-19/h14-16H,4-13H2,1-3H3/t15-/m1/s1. The van der Waals surface area contributed by atoms with Crippen LogP contribution in [-0.4, -0.2) is 60.6 Å². The molecule has 2 rings (SSSR count). The second-order valence-corrected chi connectivity index (χ2v) is 7.02. The zero-order chi connectivity index (χ0) is 15.2. The van der Waals surface area contributed by atoms with Crippen molar-refractivity contribution in [1.82, 2.24) is 9.80 Å². The van der Waals surface area contributed by atoms with Gasteiger partial charge in [0.05, 0.1) is 12.1 Å². The molecule has 0 aromatic heterocycles. The Morgan fingerprint density at radius 1 is 1.05 bits per heavy atom. The number of amides is 1. The van der Waals surface area contributed by atoms with Crippen molar-refractivity contribution in [2.45, 2.75) is 65.0 Å². The fourth-order valence-electron chi connectivity index (χ4n) is 3.29. The number of ether oxygens (including phenoxy) is 1. The fourth-order valence-corrected chi connectivity index (χ4v) is 3.29. The molecule has 2 saturated heterocycles. The molecule has 0 saturated carbocycles. The lowest BCUT2D eigenvalue weighted by Crippen LogP contribution is -2.51. The Labute approximate surface area is 129 Å². The molecule has 2 aliphatic heterocycles. The molecular formula is C17H32N2O2. The Morgan fingerprint density at radius 3 is 2.24 bits per heavy atom. The fraction of sp³-hybridized carbons (Fsp3) is 0.941. The van der Waals surface area contributed by atoms with Gasteiger partial charge in [-0.1, -0.05) is 13.8 Å². The molecule has 0 aromatic carbocycles. The van der Waals surface area contributed by atoms with Crippen molar-refractivity contribution in [3.8, 4) is 0 Å². The summed E-state index contributed by atoms with van der Waals surface area (Å²) in [6, 6.07) is 0.0362. The molecule has 1 atom stereocenters. The van der Waals surface area contributed by atoms with Gasteiger partial charge in [-0.25, -0.2) is 0 Å². The van der Waals surface area contributed by atoms with Crippen molar-refractivity contribution in [1.29, 1.82) is 0 Å². The number of hydrogen-bond acceptors (Lipinski definition) is 3. The van der Waals surface area contributed by atoms with Crippen LogP contribution in [0.2, 0.25) is 0 Å². The summed E-state index contributed by atoms with van der Waals surface area (Å²) in [6.45, 7) is 11.2. The molecule has 4 heteroatoms. The van der Waals surface area contributed by atoms with E-state index in [-0.39, 0.29) is 6.04 Å². The van der Waals surface area contributed by atoms with Crippen LogP contribution >= 0.6 is 0 Å². The number of hydrogen-bond donors (Lipinski definition) is 0. The predicted octanol–water partition coefficient (Wildman–Crippen LogP) is 2.52. The maximum Gasteiger partial charge on any atom is 0.239 e. The van der Waals surface area contributed by atoms with Gasteiger partial charge in [-0.15, -0.1) is 0 Å². The number of rotatable bonds is 5. The number of likely N-dealkylation sites (tertiary alicyclic amines) is 2. The van der Waals surface area contributed by atoms with Gasteiger partial charge in [-0.05, 0) is 44.9 Å². The second-order valence-electron chi connectivity index (χ2n) is 7.02. The van der Waals surface area contributed by atoms with Gasteiger partial charge in [0, 0.05) is 32.8 Å². The highest BCUT2D eigenvalue weighted by Crippen LogP contribution is 2.19. The highest BCUT2D eigenvalue weighted by molar-refractivity contribution is 5.81. The van der Waals surface area contributed by atoms with Crippen LogP contribution < -0.4 is 0 Å². The minimum Gasteiger partial charge on any atom is -0.378 e. The van der Waals surface area contributed by atoms with Gasteiger partial charge in [0.1, 0.15) is 0 Å². The zero-order valence-electron chi connectivity index (χ0n) is 14.0. The minimum atomic E-state index is 0.0362. The number of carbonyl (C=O) groups is 1. The third-order valence-electron chi connectivity index (χ3n) is 4.71. The molecule has 0 radical (unpaired) electrons. The molecule has 1 amide bonds. The van der Waals surface area contributed by atoms with Crippen molar-refractivity contribution in [3.63, 3.8) is 0 Å². The zero-order valence-corrected chi connectivity index (χ0v) is 14.0. The van der Waals surface area contributed by atoms with E-state index in [9.17, 15) is 4.79 Å². The molecule has 4 nitrogen and oxygen atoms in total. The van der Waals surface area contributed by atoms with E-state index in [1.807, 2.05) is 0 Å². The topological polar surface area (TPSA) is 32.8 Å². The first-order valence-electron chi connectivity index (χ1n) is 8.72. The summed E-state index contributed by atoms with van der Waals surface area (Å²) in [6.07, 6.45) is 6.12. The Hall–Kier alpha value is -0.610. The van der Waals surface area contributed by atoms with E-state index in [1.54, 1.807) is 0 Å². The smallest absolute Gasteiger partial charge is 0.239 e. The molecule has 122 valence electrons. The summed E-state index contributed by atoms with van der Waals surface area (Å²) in [5.74, 6) is 0.930. The Bertz CT molecular complexity index is 319. The number of piperidine rings is 2. The van der Waals surface area contributed by atoms with Gasteiger partial charge < -0.3 is 9.64 Å². The van der Waals surface area contributed by atoms with Crippen molar-refractivity contribution < 1.29 is 9.53 Å². The lowest BCUT2D eigenvalue weighted by Gasteiger charge is -2.38. The molecule has 2 fully saturated rings. The molecule has 0 aliphatic carbocycles. The molecule has 0 N–H and O–H groups in total. The Kier molecular flexibility index (Phi) is 6.49. The SMILES string of the molecule is CC(C)COC1CCN([C@H](C)C(=O)N2CCCCC2)CC1. The third kappa shape index (κ3) is 4.96. The van der Waals surface area contributed by atoms with Crippen LogP contribution in [0.4, 0.5) is 0 Å². The minimum absolute atomic E-state index is 0.0362. The summed E-state index contributed by atoms with van der Waals surface area (Å²) in [4.78, 5) is 17.0. The Balaban J connectivity index is 1.74. The monoisotopic (exact) mass is 296 g/mol. The van der Waals surface area contributed by atoms with Crippen LogP contribution in [0.3, 0.4) is 0 Å². The van der Waals surface area contributed by atoms with Crippen LogP contribution in [0.5, 0.6) is 0 Å². The van der Waals surface area contributed by atoms with E-state index in [0.29, 0.717) is 17.9 Å². The van der Waals surface area contributed by atoms with Gasteiger partial charge in [0.15, 0.2) is 0 Å². The van der Waals surface area contributed by atoms with Gasteiger partial charge >= 0.3 is 0 Å². The van der Waals surface area contributed by atoms with E-state index in [4.69, 9.17) is 4.74 Å². The largest absolute Gasteiger partial charge is 0.378 e. The van der Waals surface area contributed by atoms with Crippen LogP contribution in [0.25, 0.3) is 0 Å². The summed E-state index contributed by atoms with van der Waals surface area (Å²) >= 11 is 0. The molecule has 0 spiro atoms. The van der Waals surface area contributed by atoms with Crippen molar-refractivity contribution in [2.24, 2.45) is 5.92 Å². The van der Waals surface area contributed by atoms with Gasteiger partial charge in [-0.3, -0.25) is 9.69 Å². The quantitative estimate of drug-likeness (QED) is 0.781. The number of nitrogens with zero attached hydrogens (tertiary/aromatic N) is 2.